The van der Waals surface area contributed by atoms with Gasteiger partial charge in [0.05, 0.1) is 0 Å². The van der Waals surface area contributed by atoms with Gasteiger partial charge in [0.2, 0.25) is 11.8 Å². The summed E-state index contributed by atoms with van der Waals surface area (Å²) in [5, 5.41) is 6.09. The Balaban J connectivity index is 1.46. The minimum absolute atomic E-state index is 0.00437. The van der Waals surface area contributed by atoms with Crippen LogP contribution >= 0.6 is 0 Å². The van der Waals surface area contributed by atoms with Crippen molar-refractivity contribution in [3.63, 3.8) is 0 Å². The van der Waals surface area contributed by atoms with Gasteiger partial charge in [-0.1, -0.05) is 12.8 Å². The standard InChI is InChI=1S/C20H27FN2O2/c1-13-12-16(21)8-11-18(13)23-20(25)15-6-9-17(10-7-15)22-19(24)14-4-2-3-5-14/h8,11-12,14-15,17H,2-7,9-10H2,1H3,(H,22,24)(H,23,25). The SMILES string of the molecule is Cc1cc(F)ccc1NC(=O)C1CCC(NC(=O)C2CCCC2)CC1. The lowest BCUT2D eigenvalue weighted by atomic mass is 9.85. The van der Waals surface area contributed by atoms with E-state index in [4.69, 9.17) is 0 Å². The minimum Gasteiger partial charge on any atom is -0.353 e. The molecule has 0 heterocycles. The first-order valence-corrected chi connectivity index (χ1v) is 9.40. The van der Waals surface area contributed by atoms with Crippen molar-refractivity contribution in [2.75, 3.05) is 5.32 Å². The Kier molecular flexibility index (Phi) is 5.71. The summed E-state index contributed by atoms with van der Waals surface area (Å²) in [7, 11) is 0. The lowest BCUT2D eigenvalue weighted by molar-refractivity contribution is -0.125. The Labute approximate surface area is 148 Å². The normalized spacial score (nSPS) is 24.1. The average Bonchev–Trinajstić information content (AvgIpc) is 3.13. The molecular formula is C20H27FN2O2. The van der Waals surface area contributed by atoms with Crippen LogP contribution in [0.15, 0.2) is 18.2 Å². The van der Waals surface area contributed by atoms with E-state index in [1.807, 2.05) is 0 Å². The fourth-order valence-electron chi connectivity index (χ4n) is 4.01. The van der Waals surface area contributed by atoms with Crippen LogP contribution in [-0.2, 0) is 9.59 Å². The highest BCUT2D eigenvalue weighted by atomic mass is 19.1. The summed E-state index contributed by atoms with van der Waals surface area (Å²) in [6.07, 6.45) is 7.60. The van der Waals surface area contributed by atoms with E-state index >= 15 is 0 Å². The lowest BCUT2D eigenvalue weighted by Crippen LogP contribution is -2.41. The van der Waals surface area contributed by atoms with Gasteiger partial charge in [0.1, 0.15) is 5.82 Å². The smallest absolute Gasteiger partial charge is 0.227 e. The van der Waals surface area contributed by atoms with Crippen LogP contribution < -0.4 is 10.6 Å². The molecule has 4 nitrogen and oxygen atoms in total. The molecule has 25 heavy (non-hydrogen) atoms. The number of hydrogen-bond donors (Lipinski definition) is 2. The quantitative estimate of drug-likeness (QED) is 0.867. The molecule has 0 spiro atoms. The van der Waals surface area contributed by atoms with Crippen molar-refractivity contribution < 1.29 is 14.0 Å². The number of halogens is 1. The number of carbonyl (C=O) groups excluding carboxylic acids is 2. The Hall–Kier alpha value is -1.91. The van der Waals surface area contributed by atoms with Crippen LogP contribution in [0.1, 0.15) is 56.9 Å². The van der Waals surface area contributed by atoms with Gasteiger partial charge >= 0.3 is 0 Å². The van der Waals surface area contributed by atoms with Crippen molar-refractivity contribution in [2.24, 2.45) is 11.8 Å². The summed E-state index contributed by atoms with van der Waals surface area (Å²) < 4.78 is 13.2. The summed E-state index contributed by atoms with van der Waals surface area (Å²) in [5.74, 6) is 0.0585. The number of carbonyl (C=O) groups is 2. The van der Waals surface area contributed by atoms with Gasteiger partial charge in [-0.25, -0.2) is 4.39 Å². The largest absolute Gasteiger partial charge is 0.353 e. The molecule has 0 radical (unpaired) electrons. The second kappa shape index (κ2) is 7.98. The maximum absolute atomic E-state index is 13.2. The molecule has 2 aliphatic carbocycles. The first-order chi connectivity index (χ1) is 12.0. The zero-order valence-electron chi connectivity index (χ0n) is 14.8. The van der Waals surface area contributed by atoms with Gasteiger partial charge in [0, 0.05) is 23.6 Å². The molecular weight excluding hydrogens is 319 g/mol. The number of anilines is 1. The Morgan fingerprint density at radius 3 is 2.24 bits per heavy atom. The molecule has 1 aromatic rings. The average molecular weight is 346 g/mol. The third-order valence-electron chi connectivity index (χ3n) is 5.62. The van der Waals surface area contributed by atoms with E-state index in [2.05, 4.69) is 10.6 Å². The Bertz CT molecular complexity index is 633. The van der Waals surface area contributed by atoms with Crippen LogP contribution in [0.25, 0.3) is 0 Å². The molecule has 2 saturated carbocycles. The van der Waals surface area contributed by atoms with Crippen molar-refractivity contribution in [1.29, 1.82) is 0 Å². The predicted molar refractivity (Wildman–Crippen MR) is 95.6 cm³/mol. The Morgan fingerprint density at radius 1 is 0.960 bits per heavy atom. The van der Waals surface area contributed by atoms with Crippen molar-refractivity contribution in [1.82, 2.24) is 5.32 Å². The van der Waals surface area contributed by atoms with Gasteiger partial charge in [0.15, 0.2) is 0 Å². The fraction of sp³-hybridized carbons (Fsp3) is 0.600. The zero-order valence-corrected chi connectivity index (χ0v) is 14.8. The lowest BCUT2D eigenvalue weighted by Gasteiger charge is -2.29. The van der Waals surface area contributed by atoms with E-state index in [1.165, 1.54) is 12.1 Å². The molecule has 0 atom stereocenters. The maximum atomic E-state index is 13.2. The molecule has 0 aliphatic heterocycles. The summed E-state index contributed by atoms with van der Waals surface area (Å²) in [6, 6.07) is 4.59. The summed E-state index contributed by atoms with van der Waals surface area (Å²) in [5.41, 5.74) is 1.40. The first-order valence-electron chi connectivity index (χ1n) is 9.40. The van der Waals surface area contributed by atoms with Crippen molar-refractivity contribution in [3.8, 4) is 0 Å². The number of nitrogens with one attached hydrogen (secondary N) is 2. The van der Waals surface area contributed by atoms with Gasteiger partial charge in [-0.05, 0) is 69.2 Å². The number of benzene rings is 1. The molecule has 2 aliphatic rings. The molecule has 5 heteroatoms. The fourth-order valence-corrected chi connectivity index (χ4v) is 4.01. The third kappa shape index (κ3) is 4.59. The molecule has 2 N–H and O–H groups in total. The third-order valence-corrected chi connectivity index (χ3v) is 5.62. The molecule has 1 aromatic carbocycles. The second-order valence-electron chi connectivity index (χ2n) is 7.49. The van der Waals surface area contributed by atoms with Gasteiger partial charge in [-0.3, -0.25) is 9.59 Å². The number of aryl methyl sites for hydroxylation is 1. The summed E-state index contributed by atoms with van der Waals surface area (Å²) >= 11 is 0. The summed E-state index contributed by atoms with van der Waals surface area (Å²) in [4.78, 5) is 24.7. The minimum atomic E-state index is -0.297. The van der Waals surface area contributed by atoms with E-state index in [0.29, 0.717) is 5.69 Å². The molecule has 136 valence electrons. The molecule has 0 aromatic heterocycles. The molecule has 3 rings (SSSR count). The molecule has 0 saturated heterocycles. The van der Waals surface area contributed by atoms with Crippen molar-refractivity contribution in [3.05, 3.63) is 29.6 Å². The van der Waals surface area contributed by atoms with E-state index < -0.39 is 0 Å². The van der Waals surface area contributed by atoms with Crippen molar-refractivity contribution in [2.45, 2.75) is 64.3 Å². The maximum Gasteiger partial charge on any atom is 0.227 e. The predicted octanol–water partition coefficient (Wildman–Crippen LogP) is 3.94. The van der Waals surface area contributed by atoms with E-state index in [1.54, 1.807) is 13.0 Å². The second-order valence-corrected chi connectivity index (χ2v) is 7.49. The number of rotatable bonds is 4. The summed E-state index contributed by atoms with van der Waals surface area (Å²) in [6.45, 7) is 1.79. The van der Waals surface area contributed by atoms with E-state index in [0.717, 1.165) is 56.9 Å². The van der Waals surface area contributed by atoms with Crippen LogP contribution in [0.4, 0.5) is 10.1 Å². The highest BCUT2D eigenvalue weighted by molar-refractivity contribution is 5.93. The number of hydrogen-bond acceptors (Lipinski definition) is 2. The van der Waals surface area contributed by atoms with E-state index in [-0.39, 0.29) is 35.5 Å². The molecule has 2 amide bonds. The van der Waals surface area contributed by atoms with Crippen LogP contribution in [0.3, 0.4) is 0 Å². The molecule has 0 bridgehead atoms. The molecule has 2 fully saturated rings. The van der Waals surface area contributed by atoms with Crippen LogP contribution in [0, 0.1) is 24.6 Å². The van der Waals surface area contributed by atoms with Gasteiger partial charge < -0.3 is 10.6 Å². The van der Waals surface area contributed by atoms with Gasteiger partial charge in [-0.2, -0.15) is 0 Å². The first kappa shape index (κ1) is 17.9. The van der Waals surface area contributed by atoms with Crippen LogP contribution in [0.2, 0.25) is 0 Å². The van der Waals surface area contributed by atoms with Gasteiger partial charge in [-0.15, -0.1) is 0 Å². The van der Waals surface area contributed by atoms with Crippen LogP contribution in [0.5, 0.6) is 0 Å². The van der Waals surface area contributed by atoms with Crippen LogP contribution in [-0.4, -0.2) is 17.9 Å². The molecule has 0 unspecified atom stereocenters. The highest BCUT2D eigenvalue weighted by Gasteiger charge is 2.29. The number of amides is 2. The topological polar surface area (TPSA) is 58.2 Å². The van der Waals surface area contributed by atoms with Gasteiger partial charge in [0.25, 0.3) is 0 Å². The Morgan fingerprint density at radius 2 is 1.60 bits per heavy atom. The monoisotopic (exact) mass is 346 g/mol. The van der Waals surface area contributed by atoms with Crippen molar-refractivity contribution >= 4 is 17.5 Å². The highest BCUT2D eigenvalue weighted by Crippen LogP contribution is 2.28. The van der Waals surface area contributed by atoms with E-state index in [9.17, 15) is 14.0 Å². The zero-order chi connectivity index (χ0) is 17.8.